The van der Waals surface area contributed by atoms with Gasteiger partial charge in [-0.15, -0.1) is 10.2 Å². The molecule has 0 atom stereocenters. The van der Waals surface area contributed by atoms with Gasteiger partial charge in [0.1, 0.15) is 17.8 Å². The van der Waals surface area contributed by atoms with Gasteiger partial charge >= 0.3 is 0 Å². The predicted molar refractivity (Wildman–Crippen MR) is 133 cm³/mol. The van der Waals surface area contributed by atoms with E-state index in [0.717, 1.165) is 24.5 Å². The lowest BCUT2D eigenvalue weighted by molar-refractivity contribution is -0.113. The first-order valence-electron chi connectivity index (χ1n) is 11.3. The van der Waals surface area contributed by atoms with Gasteiger partial charge in [-0.3, -0.25) is 9.36 Å². The van der Waals surface area contributed by atoms with Crippen LogP contribution in [0.25, 0.3) is 5.69 Å². The van der Waals surface area contributed by atoms with Crippen LogP contribution >= 0.6 is 11.8 Å². The van der Waals surface area contributed by atoms with Crippen molar-refractivity contribution < 1.29 is 19.0 Å². The first-order chi connectivity index (χ1) is 16.7. The Labute approximate surface area is 203 Å². The summed E-state index contributed by atoms with van der Waals surface area (Å²) in [5.74, 6) is 1.32. The molecule has 180 valence electrons. The summed E-state index contributed by atoms with van der Waals surface area (Å²) in [5.41, 5.74) is 2.46. The van der Waals surface area contributed by atoms with Crippen molar-refractivity contribution in [2.45, 2.75) is 19.0 Å². The Kier molecular flexibility index (Phi) is 8.26. The lowest BCUT2D eigenvalue weighted by Gasteiger charge is -2.31. The van der Waals surface area contributed by atoms with Crippen molar-refractivity contribution in [3.05, 3.63) is 48.8 Å². The van der Waals surface area contributed by atoms with E-state index in [-0.39, 0.29) is 11.7 Å². The summed E-state index contributed by atoms with van der Waals surface area (Å²) in [6.07, 6.45) is 1.64. The van der Waals surface area contributed by atoms with Crippen LogP contribution in [0.4, 0.5) is 11.4 Å². The predicted octanol–water partition coefficient (Wildman–Crippen LogP) is 3.63. The minimum absolute atomic E-state index is 0.171. The van der Waals surface area contributed by atoms with Crippen LogP contribution in [0, 0.1) is 0 Å². The van der Waals surface area contributed by atoms with Gasteiger partial charge in [0.2, 0.25) is 5.91 Å². The van der Waals surface area contributed by atoms with Gasteiger partial charge in [0.15, 0.2) is 5.16 Å². The van der Waals surface area contributed by atoms with Gasteiger partial charge < -0.3 is 24.4 Å². The van der Waals surface area contributed by atoms with E-state index >= 15 is 0 Å². The fourth-order valence-corrected chi connectivity index (χ4v) is 4.38. The van der Waals surface area contributed by atoms with E-state index in [9.17, 15) is 4.79 Å². The minimum Gasteiger partial charge on any atom is -0.492 e. The molecule has 4 rings (SSSR count). The Balaban J connectivity index is 1.49. The fraction of sp³-hybridized carbons (Fsp3) is 0.375. The maximum absolute atomic E-state index is 12.9. The smallest absolute Gasteiger partial charge is 0.234 e. The number of thioether (sulfide) groups is 1. The highest BCUT2D eigenvalue weighted by Gasteiger charge is 2.21. The van der Waals surface area contributed by atoms with Crippen LogP contribution in [0.5, 0.6) is 11.5 Å². The number of hydrogen-bond donors (Lipinski definition) is 1. The number of aromatic nitrogens is 3. The molecule has 3 aromatic rings. The van der Waals surface area contributed by atoms with E-state index < -0.39 is 0 Å². The summed E-state index contributed by atoms with van der Waals surface area (Å²) >= 11 is 1.32. The van der Waals surface area contributed by atoms with Crippen LogP contribution in [-0.2, 0) is 9.53 Å². The average molecular weight is 484 g/mol. The van der Waals surface area contributed by atoms with Gasteiger partial charge in [-0.2, -0.15) is 0 Å². The molecule has 2 heterocycles. The van der Waals surface area contributed by atoms with Crippen molar-refractivity contribution in [1.82, 2.24) is 14.8 Å². The summed E-state index contributed by atoms with van der Waals surface area (Å²) in [6.45, 7) is 7.74. The molecule has 1 amide bonds. The van der Waals surface area contributed by atoms with Gasteiger partial charge in [-0.05, 0) is 26.0 Å². The average Bonchev–Trinajstić information content (AvgIpc) is 3.34. The van der Waals surface area contributed by atoms with E-state index in [1.165, 1.54) is 11.8 Å². The van der Waals surface area contributed by atoms with E-state index in [0.29, 0.717) is 48.8 Å². The van der Waals surface area contributed by atoms with Crippen LogP contribution < -0.4 is 19.7 Å². The molecule has 0 aliphatic carbocycles. The van der Waals surface area contributed by atoms with Crippen LogP contribution in [0.15, 0.2) is 53.9 Å². The Morgan fingerprint density at radius 2 is 1.82 bits per heavy atom. The molecular formula is C24H29N5O4S. The standard InChI is InChI=1S/C24H29N5O4S/c1-3-32-21-15-20(28-10-12-31-13-11-28)22(33-4-2)14-19(21)26-23(30)16-34-24-27-25-17-29(24)18-8-6-5-7-9-18/h5-9,14-15,17H,3-4,10-13,16H2,1-2H3,(H,26,30). The monoisotopic (exact) mass is 483 g/mol. The third-order valence-electron chi connectivity index (χ3n) is 5.17. The molecule has 9 nitrogen and oxygen atoms in total. The number of ether oxygens (including phenoxy) is 3. The number of para-hydroxylation sites is 1. The van der Waals surface area contributed by atoms with Gasteiger partial charge in [0.25, 0.3) is 0 Å². The first kappa shape index (κ1) is 23.9. The minimum atomic E-state index is -0.171. The number of rotatable bonds is 10. The van der Waals surface area contributed by atoms with Crippen molar-refractivity contribution in [1.29, 1.82) is 0 Å². The van der Waals surface area contributed by atoms with E-state index in [4.69, 9.17) is 14.2 Å². The zero-order valence-corrected chi connectivity index (χ0v) is 20.2. The lowest BCUT2D eigenvalue weighted by Crippen LogP contribution is -2.36. The number of nitrogens with zero attached hydrogens (tertiary/aromatic N) is 4. The van der Waals surface area contributed by atoms with Crippen LogP contribution in [-0.4, -0.2) is 65.9 Å². The maximum atomic E-state index is 12.9. The number of morpholine rings is 1. The summed E-state index contributed by atoms with van der Waals surface area (Å²) < 4.78 is 19.1. The molecule has 10 heteroatoms. The topological polar surface area (TPSA) is 90.7 Å². The summed E-state index contributed by atoms with van der Waals surface area (Å²) in [5, 5.41) is 11.8. The molecule has 0 saturated carbocycles. The third kappa shape index (κ3) is 5.81. The molecular weight excluding hydrogens is 454 g/mol. The number of carbonyl (C=O) groups is 1. The van der Waals surface area contributed by atoms with Crippen LogP contribution in [0.3, 0.4) is 0 Å². The number of benzene rings is 2. The van der Waals surface area contributed by atoms with Crippen LogP contribution in [0.2, 0.25) is 0 Å². The molecule has 1 saturated heterocycles. The normalized spacial score (nSPS) is 13.5. The number of nitrogens with one attached hydrogen (secondary N) is 1. The zero-order chi connectivity index (χ0) is 23.8. The largest absolute Gasteiger partial charge is 0.492 e. The molecule has 2 aromatic carbocycles. The van der Waals surface area contributed by atoms with Crippen molar-refractivity contribution in [2.75, 3.05) is 55.5 Å². The lowest BCUT2D eigenvalue weighted by atomic mass is 10.2. The summed E-state index contributed by atoms with van der Waals surface area (Å²) in [4.78, 5) is 15.1. The van der Waals surface area contributed by atoms with Crippen molar-refractivity contribution >= 4 is 29.0 Å². The van der Waals surface area contributed by atoms with E-state index in [1.807, 2.05) is 60.9 Å². The Bertz CT molecular complexity index is 1090. The molecule has 34 heavy (non-hydrogen) atoms. The van der Waals surface area contributed by atoms with Crippen molar-refractivity contribution in [3.63, 3.8) is 0 Å². The molecule has 0 radical (unpaired) electrons. The second-order valence-electron chi connectivity index (χ2n) is 7.44. The highest BCUT2D eigenvalue weighted by atomic mass is 32.2. The second kappa shape index (κ2) is 11.8. The SMILES string of the molecule is CCOc1cc(N2CCOCC2)c(OCC)cc1NC(=O)CSc1nncn1-c1ccccc1. The molecule has 0 bridgehead atoms. The molecule has 0 unspecified atom stereocenters. The first-order valence-corrected chi connectivity index (χ1v) is 12.3. The zero-order valence-electron chi connectivity index (χ0n) is 19.4. The van der Waals surface area contributed by atoms with Gasteiger partial charge in [0.05, 0.1) is 43.6 Å². The van der Waals surface area contributed by atoms with Gasteiger partial charge in [0, 0.05) is 30.9 Å². The number of hydrogen-bond acceptors (Lipinski definition) is 8. The molecule has 1 aliphatic heterocycles. The molecule has 1 aromatic heterocycles. The Hall–Kier alpha value is -3.24. The van der Waals surface area contributed by atoms with Crippen LogP contribution in [0.1, 0.15) is 13.8 Å². The maximum Gasteiger partial charge on any atom is 0.234 e. The van der Waals surface area contributed by atoms with E-state index in [2.05, 4.69) is 20.4 Å². The molecule has 0 spiro atoms. The molecule has 1 aliphatic rings. The fourth-order valence-electron chi connectivity index (χ4n) is 3.65. The number of anilines is 2. The Morgan fingerprint density at radius 1 is 1.09 bits per heavy atom. The Morgan fingerprint density at radius 3 is 2.56 bits per heavy atom. The summed E-state index contributed by atoms with van der Waals surface area (Å²) in [6, 6.07) is 13.6. The third-order valence-corrected chi connectivity index (χ3v) is 6.11. The highest BCUT2D eigenvalue weighted by molar-refractivity contribution is 7.99. The molecule has 1 N–H and O–H groups in total. The van der Waals surface area contributed by atoms with Crippen molar-refractivity contribution in [3.8, 4) is 17.2 Å². The van der Waals surface area contributed by atoms with Gasteiger partial charge in [-0.1, -0.05) is 30.0 Å². The quantitative estimate of drug-likeness (QED) is 0.437. The highest BCUT2D eigenvalue weighted by Crippen LogP contribution is 2.39. The van der Waals surface area contributed by atoms with Crippen molar-refractivity contribution in [2.24, 2.45) is 0 Å². The molecule has 1 fully saturated rings. The van der Waals surface area contributed by atoms with E-state index in [1.54, 1.807) is 6.33 Å². The number of carbonyl (C=O) groups excluding carboxylic acids is 1. The number of amides is 1. The second-order valence-corrected chi connectivity index (χ2v) is 8.38. The van der Waals surface area contributed by atoms with Gasteiger partial charge in [-0.25, -0.2) is 0 Å². The summed E-state index contributed by atoms with van der Waals surface area (Å²) in [7, 11) is 0.